The third-order valence-corrected chi connectivity index (χ3v) is 2.73. The molecule has 0 aromatic heterocycles. The van der Waals surface area contributed by atoms with Crippen molar-refractivity contribution in [2.45, 2.75) is 25.8 Å². The number of rotatable bonds is 5. The average molecular weight is 242 g/mol. The van der Waals surface area contributed by atoms with Crippen molar-refractivity contribution in [3.05, 3.63) is 0 Å². The fourth-order valence-electron chi connectivity index (χ4n) is 1.93. The Hall–Kier alpha value is -1.14. The van der Waals surface area contributed by atoms with Crippen molar-refractivity contribution < 1.29 is 9.59 Å². The van der Waals surface area contributed by atoms with Crippen LogP contribution in [0.15, 0.2) is 0 Å². The first-order valence-electron chi connectivity index (χ1n) is 6.07. The molecule has 1 aliphatic heterocycles. The number of nitrogens with one attached hydrogen (secondary N) is 2. The highest BCUT2D eigenvalue weighted by molar-refractivity contribution is 5.78. The lowest BCUT2D eigenvalue weighted by atomic mass is 10.1. The summed E-state index contributed by atoms with van der Waals surface area (Å²) in [5.41, 5.74) is 5.83. The highest BCUT2D eigenvalue weighted by atomic mass is 16.2. The van der Waals surface area contributed by atoms with Crippen LogP contribution in [-0.4, -0.2) is 55.5 Å². The highest BCUT2D eigenvalue weighted by Gasteiger charge is 2.18. The van der Waals surface area contributed by atoms with E-state index in [1.54, 1.807) is 0 Å². The van der Waals surface area contributed by atoms with Crippen LogP contribution >= 0.6 is 0 Å². The summed E-state index contributed by atoms with van der Waals surface area (Å²) in [5.74, 6) is -0.0919. The number of nitrogens with zero attached hydrogens (tertiary/aromatic N) is 1. The monoisotopic (exact) mass is 242 g/mol. The second-order valence-corrected chi connectivity index (χ2v) is 4.47. The smallest absolute Gasteiger partial charge is 0.234 e. The Morgan fingerprint density at radius 2 is 2.06 bits per heavy atom. The van der Waals surface area contributed by atoms with Crippen LogP contribution in [0.3, 0.4) is 0 Å². The minimum absolute atomic E-state index is 0.00977. The Labute approximate surface area is 102 Å². The lowest BCUT2D eigenvalue weighted by Gasteiger charge is -2.29. The molecule has 0 aromatic rings. The predicted octanol–water partition coefficient (Wildman–Crippen LogP) is -1.34. The van der Waals surface area contributed by atoms with Gasteiger partial charge in [0.15, 0.2) is 0 Å². The van der Waals surface area contributed by atoms with Gasteiger partial charge in [-0.3, -0.25) is 14.5 Å². The second-order valence-electron chi connectivity index (χ2n) is 4.47. The number of hydrogen-bond acceptors (Lipinski definition) is 4. The molecular weight excluding hydrogens is 220 g/mol. The van der Waals surface area contributed by atoms with Gasteiger partial charge in [0.05, 0.1) is 6.54 Å². The van der Waals surface area contributed by atoms with Gasteiger partial charge in [0.25, 0.3) is 0 Å². The third kappa shape index (κ3) is 6.23. The van der Waals surface area contributed by atoms with E-state index in [9.17, 15) is 9.59 Å². The topological polar surface area (TPSA) is 87.5 Å². The fourth-order valence-corrected chi connectivity index (χ4v) is 1.93. The Balaban J connectivity index is 2.09. The summed E-state index contributed by atoms with van der Waals surface area (Å²) in [4.78, 5) is 24.2. The number of piperidine rings is 1. The fraction of sp³-hybridized carbons (Fsp3) is 0.818. The molecule has 1 heterocycles. The maximum absolute atomic E-state index is 11.6. The van der Waals surface area contributed by atoms with E-state index < -0.39 is 0 Å². The van der Waals surface area contributed by atoms with Crippen molar-refractivity contribution in [3.63, 3.8) is 0 Å². The molecule has 0 aliphatic carbocycles. The van der Waals surface area contributed by atoms with Crippen LogP contribution in [0.4, 0.5) is 0 Å². The molecule has 4 N–H and O–H groups in total. The van der Waals surface area contributed by atoms with E-state index in [2.05, 4.69) is 15.5 Å². The normalized spacial score (nSPS) is 20.9. The van der Waals surface area contributed by atoms with Crippen molar-refractivity contribution >= 4 is 11.8 Å². The molecule has 6 heteroatoms. The summed E-state index contributed by atoms with van der Waals surface area (Å²) in [6.07, 6.45) is 2.10. The van der Waals surface area contributed by atoms with E-state index in [1.165, 1.54) is 6.92 Å². The van der Waals surface area contributed by atoms with Crippen molar-refractivity contribution in [1.29, 1.82) is 0 Å². The largest absolute Gasteiger partial charge is 0.355 e. The van der Waals surface area contributed by atoms with Gasteiger partial charge in [0, 0.05) is 32.6 Å². The maximum atomic E-state index is 11.6. The molecule has 0 radical (unpaired) electrons. The molecule has 6 nitrogen and oxygen atoms in total. The van der Waals surface area contributed by atoms with E-state index in [0.29, 0.717) is 19.6 Å². The predicted molar refractivity (Wildman–Crippen MR) is 65.3 cm³/mol. The van der Waals surface area contributed by atoms with Crippen molar-refractivity contribution in [1.82, 2.24) is 15.5 Å². The SMILES string of the molecule is CC(=O)NCCNC(=O)CN1CCCC(N)C1. The van der Waals surface area contributed by atoms with Crippen LogP contribution in [0, 0.1) is 0 Å². The number of hydrogen-bond donors (Lipinski definition) is 3. The molecule has 1 atom stereocenters. The van der Waals surface area contributed by atoms with Crippen molar-refractivity contribution in [2.75, 3.05) is 32.7 Å². The molecule has 98 valence electrons. The van der Waals surface area contributed by atoms with Crippen LogP contribution in [0.2, 0.25) is 0 Å². The zero-order chi connectivity index (χ0) is 12.7. The van der Waals surface area contributed by atoms with Gasteiger partial charge in [-0.25, -0.2) is 0 Å². The first kappa shape index (κ1) is 13.9. The molecule has 0 spiro atoms. The summed E-state index contributed by atoms with van der Waals surface area (Å²) in [5, 5.41) is 5.39. The van der Waals surface area contributed by atoms with Crippen molar-refractivity contribution in [2.24, 2.45) is 5.73 Å². The third-order valence-electron chi connectivity index (χ3n) is 2.73. The van der Waals surface area contributed by atoms with Gasteiger partial charge in [-0.05, 0) is 19.4 Å². The molecule has 0 saturated carbocycles. The molecule has 1 fully saturated rings. The minimum Gasteiger partial charge on any atom is -0.355 e. The van der Waals surface area contributed by atoms with E-state index >= 15 is 0 Å². The minimum atomic E-state index is -0.0822. The van der Waals surface area contributed by atoms with Gasteiger partial charge >= 0.3 is 0 Å². The lowest BCUT2D eigenvalue weighted by Crippen LogP contribution is -2.47. The summed E-state index contributed by atoms with van der Waals surface area (Å²) < 4.78 is 0. The van der Waals surface area contributed by atoms with Crippen LogP contribution in [-0.2, 0) is 9.59 Å². The van der Waals surface area contributed by atoms with Gasteiger partial charge in [-0.1, -0.05) is 0 Å². The van der Waals surface area contributed by atoms with Crippen LogP contribution in [0.25, 0.3) is 0 Å². The van der Waals surface area contributed by atoms with Crippen molar-refractivity contribution in [3.8, 4) is 0 Å². The molecule has 2 amide bonds. The summed E-state index contributed by atoms with van der Waals surface area (Å²) >= 11 is 0. The molecular formula is C11H22N4O2. The number of carbonyl (C=O) groups is 2. The maximum Gasteiger partial charge on any atom is 0.234 e. The van der Waals surface area contributed by atoms with Gasteiger partial charge in [-0.15, -0.1) is 0 Å². The zero-order valence-corrected chi connectivity index (χ0v) is 10.4. The molecule has 1 aliphatic rings. The Morgan fingerprint density at radius 3 is 2.71 bits per heavy atom. The molecule has 0 aromatic carbocycles. The summed E-state index contributed by atoms with van der Waals surface area (Å²) in [6.45, 7) is 4.52. The van der Waals surface area contributed by atoms with Gasteiger partial charge in [0.1, 0.15) is 0 Å². The molecule has 0 bridgehead atoms. The molecule has 1 unspecified atom stereocenters. The molecule has 17 heavy (non-hydrogen) atoms. The first-order chi connectivity index (χ1) is 8.08. The standard InChI is InChI=1S/C11H22N4O2/c1-9(16)13-4-5-14-11(17)8-15-6-2-3-10(12)7-15/h10H,2-8,12H2,1H3,(H,13,16)(H,14,17). The highest BCUT2D eigenvalue weighted by Crippen LogP contribution is 2.06. The Morgan fingerprint density at radius 1 is 1.35 bits per heavy atom. The first-order valence-corrected chi connectivity index (χ1v) is 6.07. The molecule has 1 rings (SSSR count). The number of likely N-dealkylation sites (tertiary alicyclic amines) is 1. The van der Waals surface area contributed by atoms with Crippen LogP contribution < -0.4 is 16.4 Å². The number of amides is 2. The number of nitrogens with two attached hydrogens (primary N) is 1. The summed E-state index contributed by atoms with van der Waals surface area (Å²) in [7, 11) is 0. The second kappa shape index (κ2) is 7.24. The van der Waals surface area contributed by atoms with Gasteiger partial charge < -0.3 is 16.4 Å². The summed E-state index contributed by atoms with van der Waals surface area (Å²) in [6, 6.07) is 0.191. The zero-order valence-electron chi connectivity index (χ0n) is 10.4. The van der Waals surface area contributed by atoms with E-state index in [0.717, 1.165) is 25.9 Å². The van der Waals surface area contributed by atoms with Gasteiger partial charge in [0.2, 0.25) is 11.8 Å². The van der Waals surface area contributed by atoms with E-state index in [-0.39, 0.29) is 17.9 Å². The van der Waals surface area contributed by atoms with Crippen LogP contribution in [0.5, 0.6) is 0 Å². The Kier molecular flexibility index (Phi) is 5.93. The molecule has 1 saturated heterocycles. The number of carbonyl (C=O) groups excluding carboxylic acids is 2. The van der Waals surface area contributed by atoms with Crippen LogP contribution in [0.1, 0.15) is 19.8 Å². The quantitative estimate of drug-likeness (QED) is 0.521. The Bertz CT molecular complexity index is 270. The van der Waals surface area contributed by atoms with Gasteiger partial charge in [-0.2, -0.15) is 0 Å². The van der Waals surface area contributed by atoms with E-state index in [1.807, 2.05) is 0 Å². The van der Waals surface area contributed by atoms with E-state index in [4.69, 9.17) is 5.73 Å². The lowest BCUT2D eigenvalue weighted by molar-refractivity contribution is -0.123. The average Bonchev–Trinajstić information content (AvgIpc) is 2.24.